The van der Waals surface area contributed by atoms with E-state index < -0.39 is 0 Å². The van der Waals surface area contributed by atoms with E-state index in [1.54, 1.807) is 21.0 Å². The van der Waals surface area contributed by atoms with Crippen molar-refractivity contribution in [1.29, 1.82) is 0 Å². The molecule has 1 N–H and O–H groups in total. The van der Waals surface area contributed by atoms with Gasteiger partial charge in [-0.25, -0.2) is 4.68 Å². The van der Waals surface area contributed by atoms with E-state index in [9.17, 15) is 9.59 Å². The number of amides is 1. The average molecular weight is 469 g/mol. The van der Waals surface area contributed by atoms with Crippen LogP contribution in [0.2, 0.25) is 0 Å². The van der Waals surface area contributed by atoms with E-state index in [1.807, 2.05) is 12.1 Å². The molecule has 2 aromatic heterocycles. The Morgan fingerprint density at radius 3 is 2.56 bits per heavy atom. The lowest BCUT2D eigenvalue weighted by molar-refractivity contribution is -0.121. The lowest BCUT2D eigenvalue weighted by atomic mass is 10.2. The molecule has 182 valence electrons. The number of nitrogens with zero attached hydrogens (tertiary/aromatic N) is 5. The summed E-state index contributed by atoms with van der Waals surface area (Å²) in [6.07, 6.45) is 1.07. The molecule has 3 aromatic rings. The number of aryl methyl sites for hydroxylation is 3. The number of nitrogens with one attached hydrogen (secondary N) is 1. The van der Waals surface area contributed by atoms with E-state index in [2.05, 4.69) is 37.5 Å². The Balaban J connectivity index is 1.15. The molecule has 4 rings (SSSR count). The van der Waals surface area contributed by atoms with Crippen LogP contribution in [0.4, 0.5) is 5.69 Å². The second-order valence-corrected chi connectivity index (χ2v) is 8.56. The second-order valence-electron chi connectivity index (χ2n) is 8.56. The molecule has 0 saturated carbocycles. The number of carbonyl (C=O) groups is 1. The van der Waals surface area contributed by atoms with Crippen LogP contribution in [-0.2, 0) is 11.3 Å². The van der Waals surface area contributed by atoms with Crippen LogP contribution in [0.25, 0.3) is 10.9 Å². The maximum absolute atomic E-state index is 12.5. The van der Waals surface area contributed by atoms with Gasteiger partial charge in [-0.15, -0.1) is 0 Å². The fourth-order valence-corrected chi connectivity index (χ4v) is 4.34. The summed E-state index contributed by atoms with van der Waals surface area (Å²) >= 11 is 0. The van der Waals surface area contributed by atoms with Crippen LogP contribution in [-0.4, -0.2) is 72.1 Å². The van der Waals surface area contributed by atoms with Crippen molar-refractivity contribution in [2.75, 3.05) is 51.3 Å². The molecule has 0 aliphatic carbocycles. The third kappa shape index (κ3) is 5.39. The van der Waals surface area contributed by atoms with Crippen molar-refractivity contribution < 1.29 is 14.1 Å². The molecule has 34 heavy (non-hydrogen) atoms. The number of ether oxygens (including phenoxy) is 1. The smallest absolute Gasteiger partial charge is 0.296 e. The van der Waals surface area contributed by atoms with E-state index in [0.29, 0.717) is 23.4 Å². The van der Waals surface area contributed by atoms with Gasteiger partial charge in [-0.3, -0.25) is 14.5 Å². The fraction of sp³-hybridized carbons (Fsp3) is 0.500. The minimum Gasteiger partial charge on any atom is -0.497 e. The monoisotopic (exact) mass is 468 g/mol. The molecule has 10 heteroatoms. The van der Waals surface area contributed by atoms with Crippen LogP contribution < -0.4 is 20.5 Å². The SMILES string of the molecule is COc1ccc(N2CCN(CCCNC(=O)CCn3nc(C)c4c(C)onc4c3=O)CC2)cc1. The first-order valence-corrected chi connectivity index (χ1v) is 11.7. The van der Waals surface area contributed by atoms with Crippen molar-refractivity contribution in [3.8, 4) is 5.75 Å². The van der Waals surface area contributed by atoms with Gasteiger partial charge in [0, 0.05) is 44.8 Å². The van der Waals surface area contributed by atoms with Gasteiger partial charge in [-0.1, -0.05) is 5.16 Å². The lowest BCUT2D eigenvalue weighted by Crippen LogP contribution is -2.47. The zero-order valence-corrected chi connectivity index (χ0v) is 20.0. The molecule has 1 saturated heterocycles. The van der Waals surface area contributed by atoms with Crippen molar-refractivity contribution in [2.24, 2.45) is 0 Å². The minimum atomic E-state index is -0.334. The fourth-order valence-electron chi connectivity index (χ4n) is 4.34. The molecule has 1 fully saturated rings. The molecule has 1 amide bonds. The van der Waals surface area contributed by atoms with Gasteiger partial charge in [-0.05, 0) is 51.1 Å². The largest absolute Gasteiger partial charge is 0.497 e. The maximum atomic E-state index is 12.5. The molecule has 0 unspecified atom stereocenters. The number of piperazine rings is 1. The molecule has 10 nitrogen and oxygen atoms in total. The van der Waals surface area contributed by atoms with Crippen molar-refractivity contribution in [1.82, 2.24) is 25.2 Å². The van der Waals surface area contributed by atoms with E-state index in [-0.39, 0.29) is 29.9 Å². The summed E-state index contributed by atoms with van der Waals surface area (Å²) in [7, 11) is 1.68. The molecule has 3 heterocycles. The van der Waals surface area contributed by atoms with Gasteiger partial charge in [0.05, 0.1) is 24.7 Å². The molecular weight excluding hydrogens is 436 g/mol. The van der Waals surface area contributed by atoms with Crippen molar-refractivity contribution in [2.45, 2.75) is 33.2 Å². The van der Waals surface area contributed by atoms with Crippen LogP contribution in [0.15, 0.2) is 33.6 Å². The van der Waals surface area contributed by atoms with Gasteiger partial charge < -0.3 is 19.5 Å². The summed E-state index contributed by atoms with van der Waals surface area (Å²) in [6.45, 7) is 9.28. The Morgan fingerprint density at radius 2 is 1.85 bits per heavy atom. The average Bonchev–Trinajstić information content (AvgIpc) is 3.26. The van der Waals surface area contributed by atoms with Crippen LogP contribution in [0.1, 0.15) is 24.3 Å². The molecule has 1 aromatic carbocycles. The Morgan fingerprint density at radius 1 is 1.12 bits per heavy atom. The van der Waals surface area contributed by atoms with Crippen LogP contribution in [0.5, 0.6) is 5.75 Å². The van der Waals surface area contributed by atoms with Crippen molar-refractivity contribution in [3.05, 3.63) is 46.1 Å². The number of anilines is 1. The zero-order chi connectivity index (χ0) is 24.1. The van der Waals surface area contributed by atoms with Crippen LogP contribution in [0.3, 0.4) is 0 Å². The molecule has 0 atom stereocenters. The van der Waals surface area contributed by atoms with Crippen molar-refractivity contribution in [3.63, 3.8) is 0 Å². The van der Waals surface area contributed by atoms with Gasteiger partial charge in [-0.2, -0.15) is 5.10 Å². The predicted octanol–water partition coefficient (Wildman–Crippen LogP) is 1.73. The Kier molecular flexibility index (Phi) is 7.46. The highest BCUT2D eigenvalue weighted by Crippen LogP contribution is 2.20. The molecule has 0 spiro atoms. The van der Waals surface area contributed by atoms with E-state index >= 15 is 0 Å². The molecule has 0 radical (unpaired) electrons. The van der Waals surface area contributed by atoms with Gasteiger partial charge in [0.15, 0.2) is 5.52 Å². The molecular formula is C24H32N6O4. The number of fused-ring (bicyclic) bond motifs is 1. The van der Waals surface area contributed by atoms with Crippen molar-refractivity contribution >= 4 is 22.5 Å². The Bertz CT molecular complexity index is 1180. The summed E-state index contributed by atoms with van der Waals surface area (Å²) in [5, 5.41) is 11.7. The van der Waals surface area contributed by atoms with Gasteiger partial charge in [0.1, 0.15) is 11.5 Å². The number of benzene rings is 1. The topological polar surface area (TPSA) is 106 Å². The normalized spacial score (nSPS) is 14.5. The number of aromatic nitrogens is 3. The number of hydrogen-bond donors (Lipinski definition) is 1. The number of rotatable bonds is 9. The summed E-state index contributed by atoms with van der Waals surface area (Å²) in [4.78, 5) is 29.6. The van der Waals surface area contributed by atoms with Gasteiger partial charge in [0.25, 0.3) is 5.56 Å². The van der Waals surface area contributed by atoms with Crippen LogP contribution in [0, 0.1) is 13.8 Å². The Hall–Kier alpha value is -3.40. The van der Waals surface area contributed by atoms with E-state index in [4.69, 9.17) is 9.26 Å². The Labute approximate surface area is 198 Å². The molecule has 0 bridgehead atoms. The first-order valence-electron chi connectivity index (χ1n) is 11.7. The van der Waals surface area contributed by atoms with Crippen LogP contribution >= 0.6 is 0 Å². The minimum absolute atomic E-state index is 0.0906. The van der Waals surface area contributed by atoms with Gasteiger partial charge in [0.2, 0.25) is 5.91 Å². The number of methoxy groups -OCH3 is 1. The highest BCUT2D eigenvalue weighted by molar-refractivity contribution is 5.81. The summed E-state index contributed by atoms with van der Waals surface area (Å²) in [6, 6.07) is 8.18. The highest BCUT2D eigenvalue weighted by Gasteiger charge is 2.18. The maximum Gasteiger partial charge on any atom is 0.296 e. The third-order valence-electron chi connectivity index (χ3n) is 6.27. The standard InChI is InChI=1S/C24H32N6O4/c1-17-22-18(2)34-27-23(22)24(32)30(26-17)12-9-21(31)25-10-4-11-28-13-15-29(16-14-28)19-5-7-20(33-3)8-6-19/h5-8H,4,9-16H2,1-3H3,(H,25,31). The second kappa shape index (κ2) is 10.7. The van der Waals surface area contributed by atoms with E-state index in [1.165, 1.54) is 10.4 Å². The number of carbonyl (C=O) groups excluding carboxylic acids is 1. The summed E-state index contributed by atoms with van der Waals surface area (Å²) < 4.78 is 11.6. The third-order valence-corrected chi connectivity index (χ3v) is 6.27. The summed E-state index contributed by atoms with van der Waals surface area (Å²) in [5.74, 6) is 1.35. The highest BCUT2D eigenvalue weighted by atomic mass is 16.5. The van der Waals surface area contributed by atoms with Gasteiger partial charge >= 0.3 is 0 Å². The first-order chi connectivity index (χ1) is 16.5. The van der Waals surface area contributed by atoms with E-state index in [0.717, 1.165) is 44.9 Å². The quantitative estimate of drug-likeness (QED) is 0.474. The lowest BCUT2D eigenvalue weighted by Gasteiger charge is -2.36. The predicted molar refractivity (Wildman–Crippen MR) is 129 cm³/mol. The molecule has 1 aliphatic heterocycles. The molecule has 1 aliphatic rings. The first kappa shape index (κ1) is 23.7. The zero-order valence-electron chi connectivity index (χ0n) is 20.0. The summed E-state index contributed by atoms with van der Waals surface area (Å²) in [5.41, 5.74) is 1.81. The number of hydrogen-bond acceptors (Lipinski definition) is 8.